The van der Waals surface area contributed by atoms with E-state index in [-0.39, 0.29) is 6.04 Å². The number of nitrogens with zero attached hydrogens (tertiary/aromatic N) is 3. The molecule has 0 saturated carbocycles. The highest BCUT2D eigenvalue weighted by atomic mass is 16.5. The van der Waals surface area contributed by atoms with Crippen LogP contribution in [0.25, 0.3) is 0 Å². The summed E-state index contributed by atoms with van der Waals surface area (Å²) in [5.74, 6) is 1.51. The van der Waals surface area contributed by atoms with Crippen molar-refractivity contribution in [2.24, 2.45) is 0 Å². The van der Waals surface area contributed by atoms with Gasteiger partial charge in [-0.05, 0) is 38.1 Å². The van der Waals surface area contributed by atoms with E-state index >= 15 is 0 Å². The number of ether oxygens (including phenoxy) is 1. The maximum Gasteiger partial charge on any atom is 0.142 e. The fourth-order valence-corrected chi connectivity index (χ4v) is 2.06. The maximum absolute atomic E-state index is 5.41. The third-order valence-corrected chi connectivity index (χ3v) is 2.98. The molecule has 0 spiro atoms. The van der Waals surface area contributed by atoms with Crippen LogP contribution in [0.4, 0.5) is 0 Å². The van der Waals surface area contributed by atoms with Gasteiger partial charge in [-0.3, -0.25) is 4.98 Å². The summed E-state index contributed by atoms with van der Waals surface area (Å²) in [6.07, 6.45) is 4.58. The highest BCUT2D eigenvalue weighted by molar-refractivity contribution is 5.34. The molecule has 2 aromatic rings. The lowest BCUT2D eigenvalue weighted by atomic mass is 10.1. The minimum atomic E-state index is -0.0900. The number of aromatic nitrogens is 3. The molecule has 0 saturated heterocycles. The highest BCUT2D eigenvalue weighted by Gasteiger charge is 2.20. The summed E-state index contributed by atoms with van der Waals surface area (Å²) < 4.78 is 5.41. The largest absolute Gasteiger partial charge is 0.495 e. The molecule has 0 radical (unpaired) electrons. The Morgan fingerprint density at radius 2 is 2.10 bits per heavy atom. The van der Waals surface area contributed by atoms with E-state index in [1.54, 1.807) is 19.5 Å². The minimum absolute atomic E-state index is 0.0900. The Labute approximate surface area is 119 Å². The predicted molar refractivity (Wildman–Crippen MR) is 77.7 cm³/mol. The Balaban J connectivity index is 2.41. The summed E-state index contributed by atoms with van der Waals surface area (Å²) in [5, 5.41) is 3.47. The van der Waals surface area contributed by atoms with Gasteiger partial charge in [0.25, 0.3) is 0 Å². The van der Waals surface area contributed by atoms with Crippen molar-refractivity contribution in [3.05, 3.63) is 47.8 Å². The fraction of sp³-hybridized carbons (Fsp3) is 0.400. The van der Waals surface area contributed by atoms with E-state index in [9.17, 15) is 0 Å². The number of rotatable bonds is 6. The van der Waals surface area contributed by atoms with Crippen molar-refractivity contribution in [1.82, 2.24) is 20.3 Å². The molecule has 5 nitrogen and oxygen atoms in total. The predicted octanol–water partition coefficient (Wildman–Crippen LogP) is 2.28. The van der Waals surface area contributed by atoms with Crippen LogP contribution in [0.5, 0.6) is 5.75 Å². The maximum atomic E-state index is 5.41. The molecule has 2 aromatic heterocycles. The summed E-state index contributed by atoms with van der Waals surface area (Å²) in [7, 11) is 1.66. The van der Waals surface area contributed by atoms with Crippen molar-refractivity contribution in [3.63, 3.8) is 0 Å². The topological polar surface area (TPSA) is 59.9 Å². The molecule has 106 valence electrons. The first-order valence-corrected chi connectivity index (χ1v) is 6.78. The van der Waals surface area contributed by atoms with Gasteiger partial charge in [-0.1, -0.05) is 6.92 Å². The van der Waals surface area contributed by atoms with Crippen LogP contribution in [0, 0.1) is 6.92 Å². The van der Waals surface area contributed by atoms with Gasteiger partial charge in [0.2, 0.25) is 0 Å². The molecule has 5 heteroatoms. The van der Waals surface area contributed by atoms with Crippen LogP contribution in [0.2, 0.25) is 0 Å². The van der Waals surface area contributed by atoms with Crippen molar-refractivity contribution < 1.29 is 4.74 Å². The zero-order valence-corrected chi connectivity index (χ0v) is 12.1. The lowest BCUT2D eigenvalue weighted by molar-refractivity contribution is 0.399. The first kappa shape index (κ1) is 14.4. The molecule has 1 atom stereocenters. The van der Waals surface area contributed by atoms with E-state index in [4.69, 9.17) is 4.74 Å². The Kier molecular flexibility index (Phi) is 5.01. The quantitative estimate of drug-likeness (QED) is 0.874. The molecule has 0 aliphatic rings. The van der Waals surface area contributed by atoms with Crippen LogP contribution in [0.15, 0.2) is 30.6 Å². The van der Waals surface area contributed by atoms with Gasteiger partial charge in [0, 0.05) is 12.4 Å². The summed E-state index contributed by atoms with van der Waals surface area (Å²) in [6, 6.07) is 5.60. The van der Waals surface area contributed by atoms with Crippen LogP contribution in [-0.2, 0) is 0 Å². The molecule has 2 heterocycles. The Morgan fingerprint density at radius 3 is 2.80 bits per heavy atom. The molecule has 0 aliphatic heterocycles. The van der Waals surface area contributed by atoms with Crippen LogP contribution < -0.4 is 10.1 Å². The molecule has 1 N–H and O–H groups in total. The monoisotopic (exact) mass is 272 g/mol. The number of nitrogens with one attached hydrogen (secondary N) is 1. The summed E-state index contributed by atoms with van der Waals surface area (Å²) in [6.45, 7) is 4.90. The number of hydrogen-bond acceptors (Lipinski definition) is 5. The summed E-state index contributed by atoms with van der Waals surface area (Å²) in [4.78, 5) is 13.1. The fourth-order valence-electron chi connectivity index (χ4n) is 2.06. The molecule has 0 aromatic carbocycles. The van der Waals surface area contributed by atoms with Crippen LogP contribution >= 0.6 is 0 Å². The Hall–Kier alpha value is -2.01. The van der Waals surface area contributed by atoms with Crippen molar-refractivity contribution in [2.75, 3.05) is 13.7 Å². The molecule has 2 rings (SSSR count). The number of hydrogen-bond donors (Lipinski definition) is 1. The second-order valence-electron chi connectivity index (χ2n) is 4.51. The smallest absolute Gasteiger partial charge is 0.142 e. The van der Waals surface area contributed by atoms with E-state index in [0.29, 0.717) is 0 Å². The van der Waals surface area contributed by atoms with Gasteiger partial charge in [0.05, 0.1) is 18.8 Å². The molecule has 0 amide bonds. The van der Waals surface area contributed by atoms with Crippen molar-refractivity contribution >= 4 is 0 Å². The molecule has 0 bridgehead atoms. The molecule has 0 aliphatic carbocycles. The van der Waals surface area contributed by atoms with Crippen LogP contribution in [-0.4, -0.2) is 28.6 Å². The normalized spacial score (nSPS) is 12.2. The van der Waals surface area contributed by atoms with Gasteiger partial charge in [-0.2, -0.15) is 0 Å². The third kappa shape index (κ3) is 3.30. The van der Waals surface area contributed by atoms with E-state index in [2.05, 4.69) is 27.2 Å². The summed E-state index contributed by atoms with van der Waals surface area (Å²) >= 11 is 0. The van der Waals surface area contributed by atoms with Gasteiger partial charge < -0.3 is 10.1 Å². The van der Waals surface area contributed by atoms with Gasteiger partial charge in [-0.25, -0.2) is 9.97 Å². The zero-order chi connectivity index (χ0) is 14.4. The van der Waals surface area contributed by atoms with Gasteiger partial charge >= 0.3 is 0 Å². The Morgan fingerprint density at radius 1 is 1.25 bits per heavy atom. The number of aryl methyl sites for hydroxylation is 1. The molecule has 20 heavy (non-hydrogen) atoms. The minimum Gasteiger partial charge on any atom is -0.495 e. The SMILES string of the molecule is CCCNC(c1ccnc(C)n1)c1ncccc1OC. The molecular weight excluding hydrogens is 252 g/mol. The molecular formula is C15H20N4O. The van der Waals surface area contributed by atoms with Crippen LogP contribution in [0.3, 0.4) is 0 Å². The van der Waals surface area contributed by atoms with Gasteiger partial charge in [0.15, 0.2) is 0 Å². The first-order valence-electron chi connectivity index (χ1n) is 6.78. The number of methoxy groups -OCH3 is 1. The number of pyridine rings is 1. The average Bonchev–Trinajstić information content (AvgIpc) is 2.48. The average molecular weight is 272 g/mol. The van der Waals surface area contributed by atoms with E-state index in [0.717, 1.165) is 35.9 Å². The van der Waals surface area contributed by atoms with E-state index in [1.165, 1.54) is 0 Å². The summed E-state index contributed by atoms with van der Waals surface area (Å²) in [5.41, 5.74) is 1.75. The first-order chi connectivity index (χ1) is 9.76. The standard InChI is InChI=1S/C15H20N4O/c1-4-8-17-14(12-7-10-16-11(2)19-12)15-13(20-3)6-5-9-18-15/h5-7,9-10,14,17H,4,8H2,1-3H3. The van der Waals surface area contributed by atoms with Gasteiger partial charge in [0.1, 0.15) is 17.3 Å². The van der Waals surface area contributed by atoms with Crippen molar-refractivity contribution in [2.45, 2.75) is 26.3 Å². The lowest BCUT2D eigenvalue weighted by Gasteiger charge is -2.19. The van der Waals surface area contributed by atoms with E-state index in [1.807, 2.05) is 25.1 Å². The van der Waals surface area contributed by atoms with Crippen molar-refractivity contribution in [1.29, 1.82) is 0 Å². The van der Waals surface area contributed by atoms with Crippen LogP contribution in [0.1, 0.15) is 36.6 Å². The molecule has 1 unspecified atom stereocenters. The lowest BCUT2D eigenvalue weighted by Crippen LogP contribution is -2.25. The van der Waals surface area contributed by atoms with Gasteiger partial charge in [-0.15, -0.1) is 0 Å². The third-order valence-electron chi connectivity index (χ3n) is 2.98. The second kappa shape index (κ2) is 6.96. The van der Waals surface area contributed by atoms with E-state index < -0.39 is 0 Å². The highest BCUT2D eigenvalue weighted by Crippen LogP contribution is 2.26. The second-order valence-corrected chi connectivity index (χ2v) is 4.51. The molecule has 0 fully saturated rings. The van der Waals surface area contributed by atoms with Crippen molar-refractivity contribution in [3.8, 4) is 5.75 Å². The zero-order valence-electron chi connectivity index (χ0n) is 12.1. The Bertz CT molecular complexity index is 559.